The lowest BCUT2D eigenvalue weighted by atomic mass is 10.0. The first-order valence-electron chi connectivity index (χ1n) is 9.93. The van der Waals surface area contributed by atoms with E-state index in [0.29, 0.717) is 6.42 Å². The van der Waals surface area contributed by atoms with Crippen LogP contribution < -0.4 is 5.32 Å². The number of hydrogen-bond acceptors (Lipinski definition) is 3. The van der Waals surface area contributed by atoms with Gasteiger partial charge in [0.15, 0.2) is 0 Å². The first kappa shape index (κ1) is 19.1. The molecule has 1 aliphatic rings. The molecule has 0 unspecified atom stereocenters. The molecule has 0 bridgehead atoms. The molecule has 1 amide bonds. The van der Waals surface area contributed by atoms with Gasteiger partial charge in [-0.1, -0.05) is 42.0 Å². The van der Waals surface area contributed by atoms with Crippen molar-refractivity contribution in [2.24, 2.45) is 0 Å². The van der Waals surface area contributed by atoms with E-state index in [1.165, 1.54) is 28.2 Å². The highest BCUT2D eigenvalue weighted by Gasteiger charge is 2.12. The number of aromatic nitrogens is 1. The number of aromatic amines is 1. The van der Waals surface area contributed by atoms with Crippen LogP contribution in [-0.2, 0) is 11.2 Å². The highest BCUT2D eigenvalue weighted by molar-refractivity contribution is 7.99. The van der Waals surface area contributed by atoms with E-state index < -0.39 is 0 Å². The molecule has 2 heterocycles. The molecule has 0 radical (unpaired) electrons. The van der Waals surface area contributed by atoms with E-state index in [1.807, 2.05) is 18.0 Å². The quantitative estimate of drug-likeness (QED) is 0.669. The summed E-state index contributed by atoms with van der Waals surface area (Å²) in [5, 5.41) is 4.20. The second-order valence-corrected chi connectivity index (χ2v) is 8.65. The van der Waals surface area contributed by atoms with Gasteiger partial charge >= 0.3 is 0 Å². The fourth-order valence-corrected chi connectivity index (χ4v) is 4.65. The predicted molar refractivity (Wildman–Crippen MR) is 119 cm³/mol. The molecule has 1 aliphatic heterocycles. The summed E-state index contributed by atoms with van der Waals surface area (Å²) in [6.45, 7) is 6.03. The maximum absolute atomic E-state index is 12.4. The van der Waals surface area contributed by atoms with Crippen LogP contribution >= 0.6 is 11.8 Å². The Bertz CT molecular complexity index is 942. The van der Waals surface area contributed by atoms with Crippen LogP contribution in [0.1, 0.15) is 11.1 Å². The monoisotopic (exact) mass is 393 g/mol. The number of aryl methyl sites for hydroxylation is 1. The van der Waals surface area contributed by atoms with Gasteiger partial charge in [-0.25, -0.2) is 0 Å². The van der Waals surface area contributed by atoms with Gasteiger partial charge in [0.05, 0.1) is 6.42 Å². The second kappa shape index (κ2) is 8.84. The summed E-state index contributed by atoms with van der Waals surface area (Å²) in [6.07, 6.45) is 2.38. The largest absolute Gasteiger partial charge is 0.361 e. The summed E-state index contributed by atoms with van der Waals surface area (Å²) in [5.74, 6) is 2.50. The number of nitrogens with one attached hydrogen (secondary N) is 2. The molecule has 0 aliphatic carbocycles. The molecule has 28 heavy (non-hydrogen) atoms. The van der Waals surface area contributed by atoms with Crippen molar-refractivity contribution in [3.63, 3.8) is 0 Å². The summed E-state index contributed by atoms with van der Waals surface area (Å²) in [7, 11) is 0. The molecule has 0 spiro atoms. The Hall–Kier alpha value is -2.24. The molecular weight excluding hydrogens is 366 g/mol. The highest BCUT2D eigenvalue weighted by Crippen LogP contribution is 2.26. The Labute approximate surface area is 170 Å². The van der Waals surface area contributed by atoms with Crippen LogP contribution in [0.2, 0.25) is 0 Å². The SMILES string of the molecule is Cc1ccc(-c2ccc3c(CC(=O)NCCN4CCSCC4)c[nH]c3c2)cc1. The Morgan fingerprint density at radius 2 is 1.86 bits per heavy atom. The minimum atomic E-state index is 0.0925. The Morgan fingerprint density at radius 1 is 1.11 bits per heavy atom. The minimum absolute atomic E-state index is 0.0925. The van der Waals surface area contributed by atoms with Crippen molar-refractivity contribution >= 4 is 28.6 Å². The van der Waals surface area contributed by atoms with Crippen molar-refractivity contribution in [1.29, 1.82) is 0 Å². The van der Waals surface area contributed by atoms with Crippen LogP contribution in [-0.4, -0.2) is 53.5 Å². The zero-order chi connectivity index (χ0) is 19.3. The van der Waals surface area contributed by atoms with Crippen molar-refractivity contribution in [3.05, 3.63) is 59.8 Å². The van der Waals surface area contributed by atoms with Gasteiger partial charge < -0.3 is 10.3 Å². The number of nitrogens with zero attached hydrogens (tertiary/aromatic N) is 1. The lowest BCUT2D eigenvalue weighted by Gasteiger charge is -2.25. The van der Waals surface area contributed by atoms with Crippen molar-refractivity contribution in [3.8, 4) is 11.1 Å². The summed E-state index contributed by atoms with van der Waals surface area (Å²) >= 11 is 2.01. The average Bonchev–Trinajstić information content (AvgIpc) is 3.11. The lowest BCUT2D eigenvalue weighted by molar-refractivity contribution is -0.120. The predicted octanol–water partition coefficient (Wildman–Crippen LogP) is 3.85. The summed E-state index contributed by atoms with van der Waals surface area (Å²) < 4.78 is 0. The zero-order valence-corrected chi connectivity index (χ0v) is 17.1. The number of carbonyl (C=O) groups is 1. The molecule has 4 rings (SSSR count). The van der Waals surface area contributed by atoms with E-state index in [1.54, 1.807) is 0 Å². The molecular formula is C23H27N3OS. The van der Waals surface area contributed by atoms with Crippen molar-refractivity contribution in [2.75, 3.05) is 37.7 Å². The van der Waals surface area contributed by atoms with Crippen molar-refractivity contribution in [1.82, 2.24) is 15.2 Å². The van der Waals surface area contributed by atoms with Gasteiger partial charge in [0.2, 0.25) is 5.91 Å². The molecule has 3 aromatic rings. The first-order valence-corrected chi connectivity index (χ1v) is 11.1. The van der Waals surface area contributed by atoms with Crippen LogP contribution in [0.5, 0.6) is 0 Å². The molecule has 4 nitrogen and oxygen atoms in total. The number of benzene rings is 2. The molecule has 1 saturated heterocycles. The molecule has 0 saturated carbocycles. The van der Waals surface area contributed by atoms with E-state index in [-0.39, 0.29) is 5.91 Å². The number of hydrogen-bond donors (Lipinski definition) is 2. The standard InChI is InChI=1S/C23H27N3OS/c1-17-2-4-18(5-3-17)19-6-7-21-20(16-25-22(21)14-19)15-23(27)24-8-9-26-10-12-28-13-11-26/h2-7,14,16,25H,8-13,15H2,1H3,(H,24,27). The maximum atomic E-state index is 12.4. The second-order valence-electron chi connectivity index (χ2n) is 7.42. The van der Waals surface area contributed by atoms with Crippen molar-refractivity contribution < 1.29 is 4.79 Å². The van der Waals surface area contributed by atoms with Crippen LogP contribution in [0.25, 0.3) is 22.0 Å². The number of fused-ring (bicyclic) bond motifs is 1. The maximum Gasteiger partial charge on any atom is 0.224 e. The number of rotatable bonds is 6. The summed E-state index contributed by atoms with van der Waals surface area (Å²) in [5.41, 5.74) is 5.78. The normalized spacial score (nSPS) is 15.0. The van der Waals surface area contributed by atoms with E-state index in [2.05, 4.69) is 64.6 Å². The number of carbonyl (C=O) groups excluding carboxylic acids is 1. The lowest BCUT2D eigenvalue weighted by Crippen LogP contribution is -2.39. The smallest absolute Gasteiger partial charge is 0.224 e. The molecule has 1 fully saturated rings. The molecule has 1 aromatic heterocycles. The number of amides is 1. The third-order valence-corrected chi connectivity index (χ3v) is 6.30. The fraction of sp³-hybridized carbons (Fsp3) is 0.348. The van der Waals surface area contributed by atoms with Gasteiger partial charge in [0, 0.05) is 54.8 Å². The third kappa shape index (κ3) is 4.59. The van der Waals surface area contributed by atoms with Crippen molar-refractivity contribution in [2.45, 2.75) is 13.3 Å². The fourth-order valence-electron chi connectivity index (χ4n) is 3.67. The van der Waals surface area contributed by atoms with Gasteiger partial charge in [0.25, 0.3) is 0 Å². The van der Waals surface area contributed by atoms with Gasteiger partial charge in [-0.3, -0.25) is 9.69 Å². The number of thioether (sulfide) groups is 1. The van der Waals surface area contributed by atoms with Gasteiger partial charge in [-0.2, -0.15) is 11.8 Å². The van der Waals surface area contributed by atoms with E-state index >= 15 is 0 Å². The third-order valence-electron chi connectivity index (χ3n) is 5.36. The molecule has 146 valence electrons. The highest BCUT2D eigenvalue weighted by atomic mass is 32.2. The Kier molecular flexibility index (Phi) is 6.03. The summed E-state index contributed by atoms with van der Waals surface area (Å²) in [6, 6.07) is 15.0. The van der Waals surface area contributed by atoms with E-state index in [0.717, 1.165) is 42.6 Å². The Balaban J connectivity index is 1.37. The molecule has 2 aromatic carbocycles. The van der Waals surface area contributed by atoms with Gasteiger partial charge in [0.1, 0.15) is 0 Å². The van der Waals surface area contributed by atoms with Gasteiger partial charge in [-0.05, 0) is 29.7 Å². The molecule has 2 N–H and O–H groups in total. The molecule has 0 atom stereocenters. The molecule has 5 heteroatoms. The number of H-pyrrole nitrogens is 1. The van der Waals surface area contributed by atoms with Crippen LogP contribution in [0.4, 0.5) is 0 Å². The van der Waals surface area contributed by atoms with Crippen LogP contribution in [0.3, 0.4) is 0 Å². The van der Waals surface area contributed by atoms with E-state index in [9.17, 15) is 4.79 Å². The first-order chi connectivity index (χ1) is 13.7. The Morgan fingerprint density at radius 3 is 2.64 bits per heavy atom. The summed E-state index contributed by atoms with van der Waals surface area (Å²) in [4.78, 5) is 18.1. The minimum Gasteiger partial charge on any atom is -0.361 e. The van der Waals surface area contributed by atoms with Crippen LogP contribution in [0.15, 0.2) is 48.7 Å². The topological polar surface area (TPSA) is 48.1 Å². The van der Waals surface area contributed by atoms with Crippen LogP contribution in [0, 0.1) is 6.92 Å². The van der Waals surface area contributed by atoms with E-state index in [4.69, 9.17) is 0 Å². The zero-order valence-electron chi connectivity index (χ0n) is 16.3. The van der Waals surface area contributed by atoms with Gasteiger partial charge in [-0.15, -0.1) is 0 Å². The average molecular weight is 394 g/mol.